The summed E-state index contributed by atoms with van der Waals surface area (Å²) in [5.74, 6) is -2.70. The summed E-state index contributed by atoms with van der Waals surface area (Å²) in [5, 5.41) is 9.31. The number of hydrogen-bond donors (Lipinski definition) is 1. The van der Waals surface area contributed by atoms with E-state index in [0.717, 1.165) is 6.20 Å². The number of nitrogens with zero attached hydrogens (tertiary/aromatic N) is 3. The Morgan fingerprint density at radius 2 is 1.83 bits per heavy atom. The molecule has 1 amide bonds. The van der Waals surface area contributed by atoms with E-state index < -0.39 is 46.7 Å². The lowest BCUT2D eigenvalue weighted by molar-refractivity contribution is -0.190. The van der Waals surface area contributed by atoms with Gasteiger partial charge in [-0.05, 0) is 12.8 Å². The SMILES string of the molecule is O=C1COC2(CCN(C(=O)C(F)(F)F)C[13CH2]2)c2sc(C(F)(F)F)c(-c3c[nH]nn3)c21. The van der Waals surface area contributed by atoms with Crippen LogP contribution in [-0.4, -0.2) is 57.9 Å². The number of Topliss-reactive ketones (excluding diaryl/α,β-unsaturated/α-hetero) is 1. The topological polar surface area (TPSA) is 88.2 Å². The molecule has 2 aromatic rings. The predicted octanol–water partition coefficient (Wildman–Crippen LogP) is 3.14. The van der Waals surface area contributed by atoms with E-state index >= 15 is 0 Å². The number of ether oxygens (including phenoxy) is 1. The molecule has 0 aliphatic carbocycles. The molecule has 4 rings (SSSR count). The number of fused-ring (bicyclic) bond motifs is 2. The van der Waals surface area contributed by atoms with Crippen LogP contribution in [0.25, 0.3) is 11.3 Å². The van der Waals surface area contributed by atoms with E-state index in [1.165, 1.54) is 0 Å². The Balaban J connectivity index is 1.78. The molecule has 30 heavy (non-hydrogen) atoms. The van der Waals surface area contributed by atoms with Gasteiger partial charge in [0, 0.05) is 29.1 Å². The van der Waals surface area contributed by atoms with Crippen LogP contribution in [0, 0.1) is 0 Å². The fraction of sp³-hybridized carbons (Fsp3) is 0.500. The third-order valence-corrected chi connectivity index (χ3v) is 6.53. The number of carbonyl (C=O) groups excluding carboxylic acids is 2. The first-order chi connectivity index (χ1) is 13.9. The van der Waals surface area contributed by atoms with Crippen LogP contribution in [0.2, 0.25) is 0 Å². The molecule has 2 aliphatic rings. The number of nitrogens with one attached hydrogen (secondary N) is 1. The second kappa shape index (κ2) is 6.77. The van der Waals surface area contributed by atoms with Gasteiger partial charge in [-0.25, -0.2) is 0 Å². The van der Waals surface area contributed by atoms with Gasteiger partial charge in [-0.15, -0.1) is 16.4 Å². The van der Waals surface area contributed by atoms with Crippen molar-refractivity contribution in [2.75, 3.05) is 19.7 Å². The lowest BCUT2D eigenvalue weighted by atomic mass is 9.90. The summed E-state index contributed by atoms with van der Waals surface area (Å²) < 4.78 is 84.9. The van der Waals surface area contributed by atoms with Crippen molar-refractivity contribution in [3.8, 4) is 11.3 Å². The van der Waals surface area contributed by atoms with Crippen LogP contribution < -0.4 is 0 Å². The van der Waals surface area contributed by atoms with Gasteiger partial charge in [-0.3, -0.25) is 14.7 Å². The molecule has 14 heteroatoms. The average molecular weight is 455 g/mol. The zero-order valence-electron chi connectivity index (χ0n) is 14.9. The van der Waals surface area contributed by atoms with Crippen molar-refractivity contribution in [3.05, 3.63) is 21.5 Å². The second-order valence-corrected chi connectivity index (χ2v) is 7.88. The van der Waals surface area contributed by atoms with Crippen LogP contribution in [0.3, 0.4) is 0 Å². The Labute approximate surface area is 168 Å². The lowest BCUT2D eigenvalue weighted by Crippen LogP contribution is -2.51. The fourth-order valence-electron chi connectivity index (χ4n) is 3.75. The quantitative estimate of drug-likeness (QED) is 0.527. The first-order valence-electron chi connectivity index (χ1n) is 8.58. The van der Waals surface area contributed by atoms with E-state index in [1.807, 2.05) is 0 Å². The monoisotopic (exact) mass is 455 g/mol. The lowest BCUT2D eigenvalue weighted by Gasteiger charge is -2.43. The maximum Gasteiger partial charge on any atom is 0.471 e. The van der Waals surface area contributed by atoms with Crippen LogP contribution in [0.4, 0.5) is 26.3 Å². The number of alkyl halides is 6. The molecule has 2 aliphatic heterocycles. The van der Waals surface area contributed by atoms with E-state index in [9.17, 15) is 35.9 Å². The minimum Gasteiger partial charge on any atom is -0.361 e. The van der Waals surface area contributed by atoms with Crippen molar-refractivity contribution in [1.82, 2.24) is 20.3 Å². The number of rotatable bonds is 1. The number of likely N-dealkylation sites (tertiary alicyclic amines) is 1. The molecule has 0 saturated carbocycles. The zero-order valence-corrected chi connectivity index (χ0v) is 15.7. The van der Waals surface area contributed by atoms with Gasteiger partial charge in [-0.2, -0.15) is 26.3 Å². The summed E-state index contributed by atoms with van der Waals surface area (Å²) in [7, 11) is 0. The molecular weight excluding hydrogens is 443 g/mol. The molecule has 162 valence electrons. The molecular formula is C16H12F6N4O3S. The maximum absolute atomic E-state index is 13.7. The summed E-state index contributed by atoms with van der Waals surface area (Å²) in [4.78, 5) is 23.5. The first kappa shape index (κ1) is 20.8. The Morgan fingerprint density at radius 3 is 2.37 bits per heavy atom. The molecule has 1 fully saturated rings. The van der Waals surface area contributed by atoms with E-state index in [2.05, 4.69) is 15.4 Å². The largest absolute Gasteiger partial charge is 0.471 e. The number of aromatic amines is 1. The Morgan fingerprint density at radius 1 is 1.17 bits per heavy atom. The maximum atomic E-state index is 13.7. The number of aromatic nitrogens is 3. The van der Waals surface area contributed by atoms with Crippen molar-refractivity contribution in [2.45, 2.75) is 30.8 Å². The molecule has 0 bridgehead atoms. The average Bonchev–Trinajstić information content (AvgIpc) is 3.31. The minimum atomic E-state index is -5.05. The van der Waals surface area contributed by atoms with E-state index in [-0.39, 0.29) is 42.1 Å². The smallest absolute Gasteiger partial charge is 0.361 e. The third kappa shape index (κ3) is 3.27. The highest BCUT2D eigenvalue weighted by atomic mass is 32.1. The molecule has 0 aromatic carbocycles. The van der Waals surface area contributed by atoms with Crippen LogP contribution in [0.5, 0.6) is 0 Å². The summed E-state index contributed by atoms with van der Waals surface area (Å²) in [5.41, 5.74) is -2.19. The van der Waals surface area contributed by atoms with E-state index in [4.69, 9.17) is 4.74 Å². The first-order valence-corrected chi connectivity index (χ1v) is 9.40. The Bertz CT molecular complexity index is 990. The second-order valence-electron chi connectivity index (χ2n) is 6.86. The highest BCUT2D eigenvalue weighted by Gasteiger charge is 2.52. The highest BCUT2D eigenvalue weighted by molar-refractivity contribution is 7.13. The van der Waals surface area contributed by atoms with Crippen molar-refractivity contribution < 1.29 is 40.7 Å². The molecule has 1 spiro atoms. The van der Waals surface area contributed by atoms with E-state index in [0.29, 0.717) is 16.2 Å². The van der Waals surface area contributed by atoms with E-state index in [1.54, 1.807) is 0 Å². The Hall–Kier alpha value is -2.48. The number of ketones is 1. The van der Waals surface area contributed by atoms with Crippen LogP contribution >= 0.6 is 11.3 Å². The number of amides is 1. The number of H-pyrrole nitrogens is 1. The number of hydrogen-bond acceptors (Lipinski definition) is 6. The van der Waals surface area contributed by atoms with Gasteiger partial charge in [0.1, 0.15) is 22.8 Å². The standard InChI is InChI=1S/C16H12F6N4O3S/c17-15(18,19)12-9(7-5-23-25-24-7)10-8(27)6-29-14(11(10)30-12)1-3-26(4-2-14)13(28)16(20,21)22/h5H,1-4,6H2,(H,23,24,25)/i1+1. The number of halogens is 6. The molecule has 2 aromatic heterocycles. The highest BCUT2D eigenvalue weighted by Crippen LogP contribution is 2.53. The molecule has 4 heterocycles. The van der Waals surface area contributed by atoms with Gasteiger partial charge in [0.2, 0.25) is 0 Å². The Kier molecular flexibility index (Phi) is 4.69. The van der Waals surface area contributed by atoms with Gasteiger partial charge in [0.15, 0.2) is 5.78 Å². The van der Waals surface area contributed by atoms with Crippen molar-refractivity contribution in [3.63, 3.8) is 0 Å². The minimum absolute atomic E-state index is 0.0109. The van der Waals surface area contributed by atoms with Crippen LogP contribution in [0.15, 0.2) is 6.20 Å². The summed E-state index contributed by atoms with van der Waals surface area (Å²) in [6, 6.07) is 0. The summed E-state index contributed by atoms with van der Waals surface area (Å²) in [6.07, 6.45) is -9.08. The molecule has 0 radical (unpaired) electrons. The van der Waals surface area contributed by atoms with Crippen LogP contribution in [0.1, 0.15) is 33.0 Å². The zero-order chi connectivity index (χ0) is 21.9. The summed E-state index contributed by atoms with van der Waals surface area (Å²) >= 11 is 0.313. The number of piperidine rings is 1. The van der Waals surface area contributed by atoms with Crippen molar-refractivity contribution >= 4 is 23.0 Å². The number of carbonyl (C=O) groups is 2. The normalized spacial score (nSPS) is 22.5. The molecule has 1 atom stereocenters. The van der Waals surface area contributed by atoms with Crippen LogP contribution in [-0.2, 0) is 21.3 Å². The fourth-order valence-corrected chi connectivity index (χ4v) is 5.14. The van der Waals surface area contributed by atoms with Gasteiger partial charge >= 0.3 is 18.3 Å². The predicted molar refractivity (Wildman–Crippen MR) is 88.5 cm³/mol. The van der Waals surface area contributed by atoms with Gasteiger partial charge in [-0.1, -0.05) is 5.21 Å². The van der Waals surface area contributed by atoms with Gasteiger partial charge in [0.05, 0.1) is 6.20 Å². The molecule has 1 N–H and O–H groups in total. The third-order valence-electron chi connectivity index (χ3n) is 5.11. The summed E-state index contributed by atoms with van der Waals surface area (Å²) in [6.45, 7) is -1.27. The van der Waals surface area contributed by atoms with Crippen molar-refractivity contribution in [1.29, 1.82) is 0 Å². The van der Waals surface area contributed by atoms with Gasteiger partial charge in [0.25, 0.3) is 0 Å². The molecule has 7 nitrogen and oxygen atoms in total. The van der Waals surface area contributed by atoms with Gasteiger partial charge < -0.3 is 9.64 Å². The molecule has 1 saturated heterocycles. The number of thiophene rings is 1. The van der Waals surface area contributed by atoms with Crippen molar-refractivity contribution in [2.24, 2.45) is 0 Å². The molecule has 1 unspecified atom stereocenters.